The Bertz CT molecular complexity index is 1050. The Labute approximate surface area is 240 Å². The first-order chi connectivity index (χ1) is 15.9. The van der Waals surface area contributed by atoms with Crippen LogP contribution < -0.4 is 0 Å². The molecule has 1 unspecified atom stereocenters. The predicted octanol–water partition coefficient (Wildman–Crippen LogP) is 10.5. The SMILES string of the molecule is CCCCC[C]1([Hf]([CH3])([CH3])[C]2(C)C(C)=C(C)C(C)=C2C)C=Cc2cc3c(cc21)CC(CC)(CC)C3.[Hf]. The van der Waals surface area contributed by atoms with Crippen LogP contribution in [0.15, 0.2) is 40.5 Å². The Kier molecular flexibility index (Phi) is 8.83. The van der Waals surface area contributed by atoms with E-state index in [-0.39, 0.29) is 29.0 Å². The quantitative estimate of drug-likeness (QED) is 0.181. The van der Waals surface area contributed by atoms with Gasteiger partial charge in [0.25, 0.3) is 0 Å². The number of hydrogen-bond acceptors (Lipinski definition) is 0. The van der Waals surface area contributed by atoms with E-state index in [0.717, 1.165) is 0 Å². The van der Waals surface area contributed by atoms with Crippen molar-refractivity contribution in [1.82, 2.24) is 0 Å². The third-order valence-electron chi connectivity index (χ3n) is 11.8. The zero-order chi connectivity index (χ0) is 25.1. The summed E-state index contributed by atoms with van der Waals surface area (Å²) in [5, 5.41) is 0. The van der Waals surface area contributed by atoms with Crippen molar-refractivity contribution in [3.63, 3.8) is 0 Å². The maximum atomic E-state index is 2.81. The predicted molar refractivity (Wildman–Crippen MR) is 149 cm³/mol. The van der Waals surface area contributed by atoms with Crippen molar-refractivity contribution in [2.24, 2.45) is 5.41 Å². The second-order valence-electron chi connectivity index (χ2n) is 12.8. The molecular weight excluding hydrogens is 753 g/mol. The molecule has 0 aromatic heterocycles. The van der Waals surface area contributed by atoms with Gasteiger partial charge in [-0.25, -0.2) is 0 Å². The van der Waals surface area contributed by atoms with Gasteiger partial charge in [-0.2, -0.15) is 0 Å². The van der Waals surface area contributed by atoms with Crippen LogP contribution in [0.5, 0.6) is 0 Å². The molecule has 4 rings (SSSR count). The fraction of sp³-hybridized carbons (Fsp3) is 0.636. The van der Waals surface area contributed by atoms with E-state index in [1.165, 1.54) is 51.4 Å². The van der Waals surface area contributed by atoms with Crippen LogP contribution in [0.25, 0.3) is 6.08 Å². The summed E-state index contributed by atoms with van der Waals surface area (Å²) in [7, 11) is 0. The molecule has 0 nitrogen and oxygen atoms in total. The molecule has 0 spiro atoms. The van der Waals surface area contributed by atoms with Crippen LogP contribution in [-0.4, -0.2) is 0 Å². The van der Waals surface area contributed by atoms with E-state index in [2.05, 4.69) is 89.0 Å². The Morgan fingerprint density at radius 1 is 0.829 bits per heavy atom. The summed E-state index contributed by atoms with van der Waals surface area (Å²) in [6.07, 6.45) is 15.8. The molecule has 0 bridgehead atoms. The number of unbranched alkanes of at least 4 members (excludes halogenated alkanes) is 2. The largest absolute Gasteiger partial charge is 0 e. The van der Waals surface area contributed by atoms with Crippen molar-refractivity contribution in [3.05, 3.63) is 62.8 Å². The molecule has 3 aliphatic carbocycles. The Hall–Kier alpha value is 0.180. The first-order valence-electron chi connectivity index (χ1n) is 14.2. The van der Waals surface area contributed by atoms with Crippen molar-refractivity contribution in [2.75, 3.05) is 0 Å². The zero-order valence-electron chi connectivity index (χ0n) is 24.5. The normalized spacial score (nSPS) is 24.2. The molecule has 0 saturated heterocycles. The van der Waals surface area contributed by atoms with Gasteiger partial charge in [0.15, 0.2) is 0 Å². The molecule has 3 aliphatic rings. The fourth-order valence-electron chi connectivity index (χ4n) is 8.21. The van der Waals surface area contributed by atoms with Crippen LogP contribution in [-0.2, 0) is 61.8 Å². The first-order valence-corrected chi connectivity index (χ1v) is 24.9. The summed E-state index contributed by atoms with van der Waals surface area (Å²) in [5.41, 5.74) is 13.6. The zero-order valence-corrected chi connectivity index (χ0v) is 31.7. The Morgan fingerprint density at radius 3 is 1.89 bits per heavy atom. The van der Waals surface area contributed by atoms with Gasteiger partial charge >= 0.3 is 217 Å². The molecule has 0 radical (unpaired) electrons. The number of fused-ring (bicyclic) bond motifs is 2. The van der Waals surface area contributed by atoms with Gasteiger partial charge in [0.05, 0.1) is 0 Å². The van der Waals surface area contributed by atoms with Crippen LogP contribution in [0, 0.1) is 5.41 Å². The first kappa shape index (κ1) is 29.7. The van der Waals surface area contributed by atoms with Crippen LogP contribution >= 0.6 is 0 Å². The van der Waals surface area contributed by atoms with E-state index in [1.54, 1.807) is 44.5 Å². The maximum Gasteiger partial charge on any atom is 0 e. The molecule has 35 heavy (non-hydrogen) atoms. The van der Waals surface area contributed by atoms with Gasteiger partial charge in [0, 0.05) is 25.8 Å². The van der Waals surface area contributed by atoms with Crippen LogP contribution in [0.2, 0.25) is 12.5 Å². The van der Waals surface area contributed by atoms with Gasteiger partial charge in [-0.15, -0.1) is 0 Å². The summed E-state index contributed by atoms with van der Waals surface area (Å²) >= 11 is -3.10. The minimum absolute atomic E-state index is 0. The summed E-state index contributed by atoms with van der Waals surface area (Å²) in [6.45, 7) is 19.5. The van der Waals surface area contributed by atoms with Gasteiger partial charge in [0.2, 0.25) is 0 Å². The van der Waals surface area contributed by atoms with E-state index in [9.17, 15) is 0 Å². The van der Waals surface area contributed by atoms with Gasteiger partial charge in [-0.1, -0.05) is 0 Å². The standard InChI is InChI=1S/C21H29.C10H15.2CH3.2Hf/c1-4-7-8-9-16-10-11-17-12-18-14-21(5-2,6-3)15-19(18)13-20(16)17;1-6-7(2)9(4)10(5)8(6)3;;;;/h10-13H,4-9,14-15H2,1-3H3;1-5H3;2*1H3;;. The summed E-state index contributed by atoms with van der Waals surface area (Å²) in [4.78, 5) is 0. The summed E-state index contributed by atoms with van der Waals surface area (Å²) in [6, 6.07) is 5.36. The van der Waals surface area contributed by atoms with Gasteiger partial charge in [-0.3, -0.25) is 0 Å². The molecule has 0 heterocycles. The molecule has 0 amide bonds. The van der Waals surface area contributed by atoms with E-state index < -0.39 is 20.0 Å². The van der Waals surface area contributed by atoms with Crippen LogP contribution in [0.1, 0.15) is 116 Å². The third-order valence-corrected chi connectivity index (χ3v) is 33.9. The van der Waals surface area contributed by atoms with E-state index in [4.69, 9.17) is 0 Å². The van der Waals surface area contributed by atoms with Gasteiger partial charge in [-0.05, 0) is 0 Å². The molecule has 0 N–H and O–H groups in total. The van der Waals surface area contributed by atoms with Crippen molar-refractivity contribution in [2.45, 2.75) is 122 Å². The van der Waals surface area contributed by atoms with Crippen molar-refractivity contribution < 1.29 is 45.8 Å². The average Bonchev–Trinajstić information content (AvgIpc) is 3.42. The van der Waals surface area contributed by atoms with Crippen molar-refractivity contribution in [1.29, 1.82) is 0 Å². The van der Waals surface area contributed by atoms with E-state index in [0.29, 0.717) is 8.59 Å². The minimum Gasteiger partial charge on any atom is 0 e. The Morgan fingerprint density at radius 2 is 1.37 bits per heavy atom. The molecule has 0 aliphatic heterocycles. The fourth-order valence-corrected chi connectivity index (χ4v) is 27.4. The number of rotatable bonds is 8. The van der Waals surface area contributed by atoms with Crippen LogP contribution in [0.3, 0.4) is 0 Å². The van der Waals surface area contributed by atoms with Crippen LogP contribution in [0.4, 0.5) is 0 Å². The third kappa shape index (κ3) is 4.17. The van der Waals surface area contributed by atoms with Crippen molar-refractivity contribution in [3.8, 4) is 0 Å². The smallest absolute Gasteiger partial charge is 0 e. The monoisotopic (exact) mass is 806 g/mol. The molecule has 0 saturated carbocycles. The number of allylic oxidation sites excluding steroid dienone is 5. The van der Waals surface area contributed by atoms with Gasteiger partial charge < -0.3 is 0 Å². The maximum absolute atomic E-state index is 3.10. The minimum atomic E-state index is -3.10. The molecule has 1 aromatic carbocycles. The average molecular weight is 804 g/mol. The topological polar surface area (TPSA) is 0 Å². The summed E-state index contributed by atoms with van der Waals surface area (Å²) < 4.78 is 6.20. The molecule has 190 valence electrons. The molecular formula is C33H50Hf2. The molecule has 1 atom stereocenters. The van der Waals surface area contributed by atoms with E-state index >= 15 is 0 Å². The van der Waals surface area contributed by atoms with Crippen molar-refractivity contribution >= 4 is 6.08 Å². The summed E-state index contributed by atoms with van der Waals surface area (Å²) in [5.74, 6) is 0. The Balaban J connectivity index is 0.00000342. The number of benzene rings is 1. The molecule has 0 fully saturated rings. The number of hydrogen-bond donors (Lipinski definition) is 0. The second-order valence-corrected chi connectivity index (χ2v) is 31.3. The van der Waals surface area contributed by atoms with E-state index in [1.807, 2.05) is 0 Å². The molecule has 1 aromatic rings. The van der Waals surface area contributed by atoms with Gasteiger partial charge in [0.1, 0.15) is 0 Å². The molecule has 2 heteroatoms. The second kappa shape index (κ2) is 10.4.